The van der Waals surface area contributed by atoms with Crippen molar-refractivity contribution in [3.63, 3.8) is 0 Å². The summed E-state index contributed by atoms with van der Waals surface area (Å²) >= 11 is 0. The lowest BCUT2D eigenvalue weighted by Gasteiger charge is -2.25. The van der Waals surface area contributed by atoms with E-state index in [9.17, 15) is 18.0 Å². The van der Waals surface area contributed by atoms with Gasteiger partial charge >= 0.3 is 6.18 Å². The van der Waals surface area contributed by atoms with Crippen LogP contribution in [0.4, 0.5) is 13.2 Å². The van der Waals surface area contributed by atoms with Crippen molar-refractivity contribution in [2.45, 2.75) is 31.5 Å². The Morgan fingerprint density at radius 3 is 2.62 bits per heavy atom. The van der Waals surface area contributed by atoms with Gasteiger partial charge in [-0.15, -0.1) is 0 Å². The first kappa shape index (κ1) is 21.2. The highest BCUT2D eigenvalue weighted by Crippen LogP contribution is 2.41. The lowest BCUT2D eigenvalue weighted by atomic mass is 9.94. The van der Waals surface area contributed by atoms with Crippen LogP contribution < -0.4 is 10.9 Å². The normalized spacial score (nSPS) is 19.9. The zero-order chi connectivity index (χ0) is 23.6. The number of benzene rings is 1. The van der Waals surface area contributed by atoms with Crippen LogP contribution in [0.3, 0.4) is 0 Å². The summed E-state index contributed by atoms with van der Waals surface area (Å²) in [7, 11) is 2.10. The molecule has 2 unspecified atom stereocenters. The van der Waals surface area contributed by atoms with Gasteiger partial charge in [0.15, 0.2) is 0 Å². The maximum absolute atomic E-state index is 12.9. The SMILES string of the molecule is Cn1c2c(c3ccc(-n4ccc(-c5ccc(C(F)(F)F)cn5)cc4=O)cc31)C1CCC(CN1)C2. The molecule has 1 aliphatic carbocycles. The minimum absolute atomic E-state index is 0.268. The molecular formula is C26H23F3N4O. The number of hydrogen-bond donors (Lipinski definition) is 1. The van der Waals surface area contributed by atoms with Gasteiger partial charge in [-0.2, -0.15) is 13.2 Å². The molecule has 2 aliphatic heterocycles. The fraction of sp³-hybridized carbons (Fsp3) is 0.308. The third-order valence-electron chi connectivity index (χ3n) is 7.28. The summed E-state index contributed by atoms with van der Waals surface area (Å²) in [5.74, 6) is 0.661. The van der Waals surface area contributed by atoms with E-state index in [0.717, 1.165) is 42.9 Å². The highest BCUT2D eigenvalue weighted by Gasteiger charge is 2.33. The van der Waals surface area contributed by atoms with E-state index in [4.69, 9.17) is 0 Å². The Hall–Kier alpha value is -3.39. The van der Waals surface area contributed by atoms with Crippen LogP contribution in [-0.4, -0.2) is 20.7 Å². The Labute approximate surface area is 193 Å². The van der Waals surface area contributed by atoms with E-state index in [1.165, 1.54) is 35.2 Å². The number of aryl methyl sites for hydroxylation is 1. The third kappa shape index (κ3) is 3.36. The number of aromatic nitrogens is 3. The molecule has 0 saturated carbocycles. The van der Waals surface area contributed by atoms with E-state index < -0.39 is 11.7 Å². The predicted octanol–water partition coefficient (Wildman–Crippen LogP) is 5.01. The van der Waals surface area contributed by atoms with Crippen LogP contribution in [0.1, 0.15) is 35.7 Å². The standard InChI is InChI=1S/C26H23F3N4O/c1-32-22-12-18(4-5-19(22)25-21-6-2-15(13-30-21)10-23(25)32)33-9-8-16(11-24(33)34)20-7-3-17(14-31-20)26(27,28)29/h3-5,7-9,11-12,14-15,21,30H,2,6,10,13H2,1H3. The quantitative estimate of drug-likeness (QED) is 0.454. The molecule has 174 valence electrons. The summed E-state index contributed by atoms with van der Waals surface area (Å²) < 4.78 is 42.2. The van der Waals surface area contributed by atoms with Crippen LogP contribution in [0.5, 0.6) is 0 Å². The van der Waals surface area contributed by atoms with Crippen molar-refractivity contribution in [3.8, 4) is 16.9 Å². The number of halogens is 3. The molecule has 1 aromatic carbocycles. The number of alkyl halides is 3. The fourth-order valence-corrected chi connectivity index (χ4v) is 5.49. The van der Waals surface area contributed by atoms with Gasteiger partial charge in [0.1, 0.15) is 0 Å². The second kappa shape index (κ2) is 7.56. The maximum atomic E-state index is 12.9. The first-order chi connectivity index (χ1) is 16.3. The molecule has 5 nitrogen and oxygen atoms in total. The molecule has 3 aromatic heterocycles. The smallest absolute Gasteiger partial charge is 0.347 e. The molecule has 2 bridgehead atoms. The molecule has 1 N–H and O–H groups in total. The Bertz CT molecular complexity index is 1460. The molecule has 1 fully saturated rings. The first-order valence-electron chi connectivity index (χ1n) is 11.4. The number of piperidine rings is 1. The van der Waals surface area contributed by atoms with Crippen LogP contribution in [0.25, 0.3) is 27.8 Å². The third-order valence-corrected chi connectivity index (χ3v) is 7.28. The lowest BCUT2D eigenvalue weighted by Crippen LogP contribution is -2.30. The molecule has 3 aliphatic rings. The second-order valence-electron chi connectivity index (χ2n) is 9.28. The molecule has 4 aromatic rings. The Morgan fingerprint density at radius 2 is 1.94 bits per heavy atom. The topological polar surface area (TPSA) is 51.9 Å². The zero-order valence-electron chi connectivity index (χ0n) is 18.6. The van der Waals surface area contributed by atoms with Gasteiger partial charge in [-0.25, -0.2) is 0 Å². The van der Waals surface area contributed by atoms with Crippen molar-refractivity contribution in [2.75, 3.05) is 6.54 Å². The number of pyridine rings is 2. The highest BCUT2D eigenvalue weighted by atomic mass is 19.4. The number of fused-ring (bicyclic) bond motifs is 3. The molecule has 5 heterocycles. The zero-order valence-corrected chi connectivity index (χ0v) is 18.6. The van der Waals surface area contributed by atoms with E-state index in [0.29, 0.717) is 23.2 Å². The monoisotopic (exact) mass is 464 g/mol. The summed E-state index contributed by atoms with van der Waals surface area (Å²) in [5.41, 5.74) is 4.32. The molecular weight excluding hydrogens is 441 g/mol. The van der Waals surface area contributed by atoms with Crippen molar-refractivity contribution < 1.29 is 13.2 Å². The average Bonchev–Trinajstić information content (AvgIpc) is 2.97. The highest BCUT2D eigenvalue weighted by molar-refractivity contribution is 5.88. The van der Waals surface area contributed by atoms with E-state index in [1.54, 1.807) is 16.8 Å². The van der Waals surface area contributed by atoms with E-state index >= 15 is 0 Å². The summed E-state index contributed by atoms with van der Waals surface area (Å²) in [6.07, 6.45) is 1.46. The second-order valence-corrected chi connectivity index (χ2v) is 9.28. The van der Waals surface area contributed by atoms with E-state index in [2.05, 4.69) is 28.0 Å². The minimum Gasteiger partial charge on any atom is -0.347 e. The summed E-state index contributed by atoms with van der Waals surface area (Å²) in [6.45, 7) is 1.06. The van der Waals surface area contributed by atoms with Crippen LogP contribution in [0.2, 0.25) is 0 Å². The van der Waals surface area contributed by atoms with Crippen LogP contribution in [0.15, 0.2) is 59.7 Å². The lowest BCUT2D eigenvalue weighted by molar-refractivity contribution is -0.137. The van der Waals surface area contributed by atoms with Crippen LogP contribution >= 0.6 is 0 Å². The number of rotatable bonds is 2. The molecule has 7 rings (SSSR count). The van der Waals surface area contributed by atoms with Gasteiger partial charge in [-0.3, -0.25) is 14.3 Å². The molecule has 0 radical (unpaired) electrons. The Balaban J connectivity index is 1.38. The van der Waals surface area contributed by atoms with Gasteiger partial charge in [0, 0.05) is 48.2 Å². The number of nitrogens with one attached hydrogen (secondary N) is 1. The van der Waals surface area contributed by atoms with E-state index in [1.807, 2.05) is 12.1 Å². The molecule has 8 heteroatoms. The predicted molar refractivity (Wildman–Crippen MR) is 124 cm³/mol. The summed E-state index contributed by atoms with van der Waals surface area (Å²) in [4.78, 5) is 16.8. The van der Waals surface area contributed by atoms with Crippen molar-refractivity contribution >= 4 is 10.9 Å². The number of nitrogens with zero attached hydrogens (tertiary/aromatic N) is 3. The van der Waals surface area contributed by atoms with Gasteiger partial charge in [-0.1, -0.05) is 6.07 Å². The minimum atomic E-state index is -4.45. The first-order valence-corrected chi connectivity index (χ1v) is 11.4. The molecule has 2 atom stereocenters. The van der Waals surface area contributed by atoms with Crippen molar-refractivity contribution in [1.82, 2.24) is 19.4 Å². The van der Waals surface area contributed by atoms with Crippen molar-refractivity contribution in [3.05, 3.63) is 82.0 Å². The Morgan fingerprint density at radius 1 is 1.09 bits per heavy atom. The molecule has 0 amide bonds. The maximum Gasteiger partial charge on any atom is 0.417 e. The molecule has 0 spiro atoms. The fourth-order valence-electron chi connectivity index (χ4n) is 5.49. The van der Waals surface area contributed by atoms with Gasteiger partial charge < -0.3 is 9.88 Å². The molecule has 34 heavy (non-hydrogen) atoms. The van der Waals surface area contributed by atoms with Gasteiger partial charge in [0.2, 0.25) is 0 Å². The van der Waals surface area contributed by atoms with Gasteiger partial charge in [0.25, 0.3) is 5.56 Å². The number of hydrogen-bond acceptors (Lipinski definition) is 3. The van der Waals surface area contributed by atoms with E-state index in [-0.39, 0.29) is 5.56 Å². The van der Waals surface area contributed by atoms with Crippen LogP contribution in [-0.2, 0) is 19.6 Å². The Kier molecular flexibility index (Phi) is 4.71. The van der Waals surface area contributed by atoms with Gasteiger partial charge in [-0.05, 0) is 67.6 Å². The van der Waals surface area contributed by atoms with Crippen molar-refractivity contribution in [1.29, 1.82) is 0 Å². The molecule has 1 saturated heterocycles. The van der Waals surface area contributed by atoms with Crippen molar-refractivity contribution in [2.24, 2.45) is 13.0 Å². The average molecular weight is 464 g/mol. The van der Waals surface area contributed by atoms with Crippen LogP contribution in [0, 0.1) is 5.92 Å². The largest absolute Gasteiger partial charge is 0.417 e. The van der Waals surface area contributed by atoms with Gasteiger partial charge in [0.05, 0.1) is 22.5 Å². The summed E-state index contributed by atoms with van der Waals surface area (Å²) in [5, 5.41) is 4.92. The summed E-state index contributed by atoms with van der Waals surface area (Å²) in [6, 6.07) is 11.8.